The molecule has 0 amide bonds. The van der Waals surface area contributed by atoms with Crippen molar-refractivity contribution >= 4 is 17.3 Å². The van der Waals surface area contributed by atoms with Gasteiger partial charge in [-0.25, -0.2) is 4.39 Å². The van der Waals surface area contributed by atoms with Crippen molar-refractivity contribution < 1.29 is 19.0 Å². The number of ether oxygens (including phenoxy) is 2. The third-order valence-electron chi connectivity index (χ3n) is 2.40. The first-order valence-corrected chi connectivity index (χ1v) is 6.60. The van der Waals surface area contributed by atoms with Crippen LogP contribution in [0.25, 0.3) is 0 Å². The zero-order valence-corrected chi connectivity index (χ0v) is 11.6. The van der Waals surface area contributed by atoms with Crippen molar-refractivity contribution in [3.63, 3.8) is 0 Å². The number of aliphatic hydroxyl groups excluding tert-OH is 1. The minimum absolute atomic E-state index is 0.135. The van der Waals surface area contributed by atoms with Crippen LogP contribution in [-0.4, -0.2) is 44.0 Å². The Morgan fingerprint density at radius 1 is 1.42 bits per heavy atom. The Kier molecular flexibility index (Phi) is 7.55. The van der Waals surface area contributed by atoms with Crippen molar-refractivity contribution in [2.45, 2.75) is 12.5 Å². The van der Waals surface area contributed by atoms with Crippen molar-refractivity contribution in [2.75, 3.05) is 38.1 Å². The summed E-state index contributed by atoms with van der Waals surface area (Å²) in [7, 11) is 1.61. The maximum atomic E-state index is 13.7. The monoisotopic (exact) mass is 291 g/mol. The van der Waals surface area contributed by atoms with E-state index in [1.54, 1.807) is 19.2 Å². The molecule has 108 valence electrons. The van der Waals surface area contributed by atoms with Gasteiger partial charge in [0.05, 0.1) is 18.6 Å². The van der Waals surface area contributed by atoms with Gasteiger partial charge in [0.25, 0.3) is 0 Å². The number of hydrogen-bond acceptors (Lipinski definition) is 4. The molecule has 2 N–H and O–H groups in total. The molecule has 0 aliphatic carbocycles. The summed E-state index contributed by atoms with van der Waals surface area (Å²) >= 11 is 5.46. The van der Waals surface area contributed by atoms with Crippen molar-refractivity contribution in [1.29, 1.82) is 0 Å². The highest BCUT2D eigenvalue weighted by Crippen LogP contribution is 2.21. The molecule has 0 radical (unpaired) electrons. The summed E-state index contributed by atoms with van der Waals surface area (Å²) in [5, 5.41) is 12.2. The van der Waals surface area contributed by atoms with E-state index >= 15 is 0 Å². The van der Waals surface area contributed by atoms with Gasteiger partial charge in [-0.2, -0.15) is 0 Å². The molecule has 1 atom stereocenters. The number of benzene rings is 1. The van der Waals surface area contributed by atoms with Crippen LogP contribution in [0, 0.1) is 5.82 Å². The number of nitrogens with one attached hydrogen (secondary N) is 1. The van der Waals surface area contributed by atoms with Crippen LogP contribution in [0.15, 0.2) is 18.2 Å². The van der Waals surface area contributed by atoms with E-state index in [4.69, 9.17) is 21.1 Å². The van der Waals surface area contributed by atoms with E-state index in [1.165, 1.54) is 6.07 Å². The topological polar surface area (TPSA) is 50.7 Å². The molecule has 0 bridgehead atoms. The molecular weight excluding hydrogens is 273 g/mol. The first-order chi connectivity index (χ1) is 9.17. The quantitative estimate of drug-likeness (QED) is 0.541. The van der Waals surface area contributed by atoms with E-state index < -0.39 is 11.9 Å². The van der Waals surface area contributed by atoms with E-state index in [0.29, 0.717) is 25.3 Å². The molecule has 0 fully saturated rings. The van der Waals surface area contributed by atoms with Crippen LogP contribution >= 0.6 is 11.6 Å². The Morgan fingerprint density at radius 2 is 2.21 bits per heavy atom. The highest BCUT2D eigenvalue weighted by Gasteiger charge is 2.06. The highest BCUT2D eigenvalue weighted by molar-refractivity contribution is 6.18. The number of methoxy groups -OCH3 is 1. The Hall–Kier alpha value is -1.04. The zero-order valence-electron chi connectivity index (χ0n) is 10.9. The number of aliphatic hydroxyl groups is 1. The number of halogens is 2. The lowest BCUT2D eigenvalue weighted by molar-refractivity contribution is 0.170. The van der Waals surface area contributed by atoms with Crippen molar-refractivity contribution in [3.05, 3.63) is 24.0 Å². The second-order valence-electron chi connectivity index (χ2n) is 4.03. The molecular formula is C13H19ClFNO3. The van der Waals surface area contributed by atoms with Crippen LogP contribution < -0.4 is 10.1 Å². The summed E-state index contributed by atoms with van der Waals surface area (Å²) < 4.78 is 23.8. The highest BCUT2D eigenvalue weighted by atomic mass is 35.5. The van der Waals surface area contributed by atoms with Crippen LogP contribution in [0.4, 0.5) is 10.1 Å². The largest absolute Gasteiger partial charge is 0.490 e. The summed E-state index contributed by atoms with van der Waals surface area (Å²) in [6.45, 7) is 1.26. The lowest BCUT2D eigenvalue weighted by Gasteiger charge is -2.12. The van der Waals surface area contributed by atoms with Crippen LogP contribution in [-0.2, 0) is 4.74 Å². The minimum atomic E-state index is -0.658. The molecule has 0 aliphatic rings. The maximum Gasteiger partial charge on any atom is 0.167 e. The number of rotatable bonds is 9. The van der Waals surface area contributed by atoms with E-state index in [9.17, 15) is 9.50 Å². The van der Waals surface area contributed by atoms with E-state index in [0.717, 1.165) is 0 Å². The Morgan fingerprint density at radius 3 is 2.84 bits per heavy atom. The second-order valence-corrected chi connectivity index (χ2v) is 4.34. The van der Waals surface area contributed by atoms with Gasteiger partial charge in [-0.15, -0.1) is 11.6 Å². The molecule has 0 saturated carbocycles. The van der Waals surface area contributed by atoms with Gasteiger partial charge in [-0.05, 0) is 12.1 Å². The normalized spacial score (nSPS) is 12.2. The van der Waals surface area contributed by atoms with Crippen LogP contribution in [0.2, 0.25) is 0 Å². The summed E-state index contributed by atoms with van der Waals surface area (Å²) in [6, 6.07) is 4.57. The van der Waals surface area contributed by atoms with Gasteiger partial charge < -0.3 is 19.9 Å². The molecule has 1 aromatic rings. The standard InChI is InChI=1S/C13H19ClFNO3/c1-18-5-2-6-19-13-4-3-10(7-12(13)15)16-9-11(17)8-14/h3-4,7,11,16-17H,2,5-6,8-9H2,1H3. The molecule has 0 heterocycles. The van der Waals surface area contributed by atoms with Gasteiger partial charge >= 0.3 is 0 Å². The van der Waals surface area contributed by atoms with Gasteiger partial charge in [0.2, 0.25) is 0 Å². The number of hydrogen-bond donors (Lipinski definition) is 2. The van der Waals surface area contributed by atoms with Crippen LogP contribution in [0.5, 0.6) is 5.75 Å². The Balaban J connectivity index is 2.45. The van der Waals surface area contributed by atoms with Crippen molar-refractivity contribution in [3.8, 4) is 5.75 Å². The molecule has 6 heteroatoms. The molecule has 1 aromatic carbocycles. The van der Waals surface area contributed by atoms with Gasteiger partial charge in [-0.1, -0.05) is 0 Å². The molecule has 0 aromatic heterocycles. The smallest absolute Gasteiger partial charge is 0.167 e. The fourth-order valence-corrected chi connectivity index (χ4v) is 1.51. The first kappa shape index (κ1) is 16.0. The summed E-state index contributed by atoms with van der Waals surface area (Å²) in [4.78, 5) is 0. The molecule has 0 saturated heterocycles. The molecule has 0 spiro atoms. The minimum Gasteiger partial charge on any atom is -0.490 e. The Labute approximate surface area is 117 Å². The average molecular weight is 292 g/mol. The molecule has 1 unspecified atom stereocenters. The second kappa shape index (κ2) is 8.96. The molecule has 1 rings (SSSR count). The van der Waals surface area contributed by atoms with E-state index in [2.05, 4.69) is 5.32 Å². The summed E-state index contributed by atoms with van der Waals surface area (Å²) in [6.07, 6.45) is 0.0485. The van der Waals surface area contributed by atoms with Crippen LogP contribution in [0.3, 0.4) is 0 Å². The van der Waals surface area contributed by atoms with Crippen LogP contribution in [0.1, 0.15) is 6.42 Å². The lowest BCUT2D eigenvalue weighted by atomic mass is 10.2. The predicted molar refractivity (Wildman–Crippen MR) is 73.6 cm³/mol. The van der Waals surface area contributed by atoms with Gasteiger partial charge in [0.15, 0.2) is 11.6 Å². The number of anilines is 1. The molecule has 19 heavy (non-hydrogen) atoms. The fourth-order valence-electron chi connectivity index (χ4n) is 1.40. The third kappa shape index (κ3) is 6.09. The van der Waals surface area contributed by atoms with Gasteiger partial charge in [-0.3, -0.25) is 0 Å². The fraction of sp³-hybridized carbons (Fsp3) is 0.538. The number of alkyl halides is 1. The predicted octanol–water partition coefficient (Wildman–Crippen LogP) is 2.25. The SMILES string of the molecule is COCCCOc1ccc(NCC(O)CCl)cc1F. The molecule has 0 aliphatic heterocycles. The van der Waals surface area contributed by atoms with Crippen molar-refractivity contribution in [2.24, 2.45) is 0 Å². The zero-order chi connectivity index (χ0) is 14.1. The average Bonchev–Trinajstić information content (AvgIpc) is 2.42. The third-order valence-corrected chi connectivity index (χ3v) is 2.76. The van der Waals surface area contributed by atoms with Crippen molar-refractivity contribution in [1.82, 2.24) is 0 Å². The maximum absolute atomic E-state index is 13.7. The van der Waals surface area contributed by atoms with E-state index in [1.807, 2.05) is 0 Å². The summed E-state index contributed by atoms with van der Waals surface area (Å²) in [5.74, 6) is -0.0989. The van der Waals surface area contributed by atoms with E-state index in [-0.39, 0.29) is 18.2 Å². The first-order valence-electron chi connectivity index (χ1n) is 6.06. The van der Waals surface area contributed by atoms with Gasteiger partial charge in [0, 0.05) is 38.4 Å². The Bertz CT molecular complexity index is 379. The molecule has 4 nitrogen and oxygen atoms in total. The lowest BCUT2D eigenvalue weighted by Crippen LogP contribution is -2.20. The summed E-state index contributed by atoms with van der Waals surface area (Å²) in [5.41, 5.74) is 0.575. The van der Waals surface area contributed by atoms with Gasteiger partial charge in [0.1, 0.15) is 0 Å².